The molecule has 0 bridgehead atoms. The maximum Gasteiger partial charge on any atom is 0.264 e. The zero-order valence-electron chi connectivity index (χ0n) is 18.0. The molecule has 0 aromatic heterocycles. The molecule has 2 aromatic rings. The molecule has 170 valence electrons. The van der Waals surface area contributed by atoms with Crippen LogP contribution in [0.1, 0.15) is 42.1 Å². The van der Waals surface area contributed by atoms with E-state index >= 15 is 0 Å². The van der Waals surface area contributed by atoms with Crippen molar-refractivity contribution in [1.82, 2.24) is 4.90 Å². The average molecular weight is 488 g/mol. The first-order chi connectivity index (χ1) is 14.5. The van der Waals surface area contributed by atoms with Crippen molar-refractivity contribution in [2.75, 3.05) is 26.5 Å². The van der Waals surface area contributed by atoms with E-state index in [1.165, 1.54) is 0 Å². The molecular weight excluding hydrogens is 461 g/mol. The van der Waals surface area contributed by atoms with Crippen LogP contribution in [0, 0.1) is 0 Å². The van der Waals surface area contributed by atoms with Gasteiger partial charge in [0.15, 0.2) is 0 Å². The van der Waals surface area contributed by atoms with E-state index in [0.29, 0.717) is 34.3 Å². The molecule has 6 nitrogen and oxygen atoms in total. The zero-order chi connectivity index (χ0) is 23.2. The van der Waals surface area contributed by atoms with E-state index in [1.54, 1.807) is 48.3 Å². The summed E-state index contributed by atoms with van der Waals surface area (Å²) in [4.78, 5) is 14.6. The second kappa shape index (κ2) is 11.2. The van der Waals surface area contributed by atoms with Gasteiger partial charge in [0, 0.05) is 25.1 Å². The van der Waals surface area contributed by atoms with E-state index in [1.807, 2.05) is 19.9 Å². The van der Waals surface area contributed by atoms with Crippen molar-refractivity contribution in [2.45, 2.75) is 32.3 Å². The molecule has 0 radical (unpaired) electrons. The largest absolute Gasteiger partial charge is 0.491 e. The minimum atomic E-state index is -3.56. The minimum Gasteiger partial charge on any atom is -0.491 e. The van der Waals surface area contributed by atoms with E-state index in [2.05, 4.69) is 0 Å². The molecule has 1 atom stereocenters. The lowest BCUT2D eigenvalue weighted by Gasteiger charge is -2.25. The van der Waals surface area contributed by atoms with Crippen LogP contribution in [-0.4, -0.2) is 51.8 Å². The van der Waals surface area contributed by atoms with Gasteiger partial charge >= 0.3 is 0 Å². The summed E-state index contributed by atoms with van der Waals surface area (Å²) >= 11 is 12.2. The quantitative estimate of drug-likeness (QED) is 0.440. The third-order valence-electron chi connectivity index (χ3n) is 4.47. The third kappa shape index (κ3) is 8.33. The summed E-state index contributed by atoms with van der Waals surface area (Å²) in [5.41, 5.74) is 1.34. The van der Waals surface area contributed by atoms with Crippen LogP contribution in [0.4, 0.5) is 0 Å². The van der Waals surface area contributed by atoms with Crippen molar-refractivity contribution in [2.24, 2.45) is 0 Å². The standard InChI is InChI=1S/C22H27Cl2NO5S/c1-15(2)30-19-7-5-6-17(12-19)22(26)25(3)14-18(10-11-29-31(4,27)28)16-8-9-20(23)21(24)13-16/h5-9,12-13,15,18H,10-11,14H2,1-4H3. The number of hydrogen-bond acceptors (Lipinski definition) is 5. The first-order valence-corrected chi connectivity index (χ1v) is 12.3. The predicted molar refractivity (Wildman–Crippen MR) is 124 cm³/mol. The Bertz CT molecular complexity index is 1010. The second-order valence-corrected chi connectivity index (χ2v) is 10.0. The Kier molecular flexibility index (Phi) is 9.18. The number of nitrogens with zero attached hydrogens (tertiary/aromatic N) is 1. The summed E-state index contributed by atoms with van der Waals surface area (Å²) in [5, 5.41) is 0.809. The molecule has 0 aliphatic carbocycles. The van der Waals surface area contributed by atoms with Gasteiger partial charge in [-0.1, -0.05) is 35.3 Å². The van der Waals surface area contributed by atoms with Gasteiger partial charge in [0.25, 0.3) is 16.0 Å². The first kappa shape index (κ1) is 25.5. The number of carbonyl (C=O) groups excluding carboxylic acids is 1. The first-order valence-electron chi connectivity index (χ1n) is 9.78. The van der Waals surface area contributed by atoms with Crippen molar-refractivity contribution >= 4 is 39.2 Å². The molecule has 31 heavy (non-hydrogen) atoms. The number of amides is 1. The number of hydrogen-bond donors (Lipinski definition) is 0. The summed E-state index contributed by atoms with van der Waals surface area (Å²) in [6, 6.07) is 12.2. The number of likely N-dealkylation sites (N-methyl/N-ethyl adjacent to an activating group) is 1. The molecule has 2 rings (SSSR count). The Hall–Kier alpha value is -1.80. The molecule has 0 aliphatic heterocycles. The van der Waals surface area contributed by atoms with Crippen LogP contribution in [0.15, 0.2) is 42.5 Å². The predicted octanol–water partition coefficient (Wildman–Crippen LogP) is 5.00. The van der Waals surface area contributed by atoms with Crippen molar-refractivity contribution in [3.05, 3.63) is 63.6 Å². The fourth-order valence-electron chi connectivity index (χ4n) is 3.08. The van der Waals surface area contributed by atoms with Crippen molar-refractivity contribution in [3.63, 3.8) is 0 Å². The van der Waals surface area contributed by atoms with E-state index in [0.717, 1.165) is 11.8 Å². The molecule has 0 saturated carbocycles. The molecule has 1 amide bonds. The Labute approximate surface area is 194 Å². The molecule has 1 unspecified atom stereocenters. The van der Waals surface area contributed by atoms with E-state index in [9.17, 15) is 13.2 Å². The maximum absolute atomic E-state index is 13.0. The molecule has 0 spiro atoms. The van der Waals surface area contributed by atoms with Crippen LogP contribution in [0.25, 0.3) is 0 Å². The van der Waals surface area contributed by atoms with Crippen LogP contribution in [-0.2, 0) is 14.3 Å². The van der Waals surface area contributed by atoms with E-state index in [4.69, 9.17) is 32.1 Å². The summed E-state index contributed by atoms with van der Waals surface area (Å²) < 4.78 is 33.3. The van der Waals surface area contributed by atoms with Gasteiger partial charge in [0.05, 0.1) is 29.0 Å². The fraction of sp³-hybridized carbons (Fsp3) is 0.409. The van der Waals surface area contributed by atoms with Gasteiger partial charge in [-0.3, -0.25) is 8.98 Å². The number of halogens is 2. The highest BCUT2D eigenvalue weighted by Crippen LogP contribution is 2.29. The maximum atomic E-state index is 13.0. The normalized spacial score (nSPS) is 12.6. The van der Waals surface area contributed by atoms with Crippen molar-refractivity contribution < 1.29 is 22.1 Å². The summed E-state index contributed by atoms with van der Waals surface area (Å²) in [6.45, 7) is 4.16. The molecule has 0 fully saturated rings. The van der Waals surface area contributed by atoms with Gasteiger partial charge in [-0.05, 0) is 56.2 Å². The lowest BCUT2D eigenvalue weighted by atomic mass is 9.95. The molecule has 9 heteroatoms. The molecule has 0 heterocycles. The van der Waals surface area contributed by atoms with Gasteiger partial charge in [-0.15, -0.1) is 0 Å². The average Bonchev–Trinajstić information content (AvgIpc) is 2.67. The minimum absolute atomic E-state index is 0.00282. The third-order valence-corrected chi connectivity index (χ3v) is 5.81. The molecule has 0 aliphatic rings. The number of carbonyl (C=O) groups is 1. The Morgan fingerprint density at radius 3 is 2.42 bits per heavy atom. The molecule has 0 N–H and O–H groups in total. The monoisotopic (exact) mass is 487 g/mol. The summed E-state index contributed by atoms with van der Waals surface area (Å²) in [7, 11) is -1.87. The smallest absolute Gasteiger partial charge is 0.264 e. The summed E-state index contributed by atoms with van der Waals surface area (Å²) in [5.74, 6) is 0.237. The van der Waals surface area contributed by atoms with Crippen LogP contribution >= 0.6 is 23.2 Å². The highest BCUT2D eigenvalue weighted by Gasteiger charge is 2.21. The molecule has 2 aromatic carbocycles. The van der Waals surface area contributed by atoms with Crippen LogP contribution in [0.5, 0.6) is 5.75 Å². The topological polar surface area (TPSA) is 72.9 Å². The number of rotatable bonds is 10. The number of ether oxygens (including phenoxy) is 1. The van der Waals surface area contributed by atoms with Gasteiger partial charge in [0.2, 0.25) is 0 Å². The molecular formula is C22H27Cl2NO5S. The van der Waals surface area contributed by atoms with Crippen LogP contribution in [0.2, 0.25) is 10.0 Å². The Morgan fingerprint density at radius 2 is 1.81 bits per heavy atom. The van der Waals surface area contributed by atoms with Gasteiger partial charge < -0.3 is 9.64 Å². The lowest BCUT2D eigenvalue weighted by molar-refractivity contribution is 0.0781. The zero-order valence-corrected chi connectivity index (χ0v) is 20.3. The van der Waals surface area contributed by atoms with Crippen molar-refractivity contribution in [3.8, 4) is 5.75 Å². The highest BCUT2D eigenvalue weighted by atomic mass is 35.5. The molecule has 0 saturated heterocycles. The highest BCUT2D eigenvalue weighted by molar-refractivity contribution is 7.85. The van der Waals surface area contributed by atoms with Gasteiger partial charge in [-0.2, -0.15) is 8.42 Å². The van der Waals surface area contributed by atoms with E-state index in [-0.39, 0.29) is 24.5 Å². The van der Waals surface area contributed by atoms with Crippen molar-refractivity contribution in [1.29, 1.82) is 0 Å². The second-order valence-electron chi connectivity index (χ2n) is 7.57. The van der Waals surface area contributed by atoms with Crippen LogP contribution in [0.3, 0.4) is 0 Å². The van der Waals surface area contributed by atoms with Gasteiger partial charge in [0.1, 0.15) is 5.75 Å². The van der Waals surface area contributed by atoms with Gasteiger partial charge in [-0.25, -0.2) is 0 Å². The number of benzene rings is 2. The van der Waals surface area contributed by atoms with E-state index < -0.39 is 10.1 Å². The fourth-order valence-corrected chi connectivity index (χ4v) is 3.79. The Balaban J connectivity index is 2.19. The lowest BCUT2D eigenvalue weighted by Crippen LogP contribution is -2.31. The SMILES string of the molecule is CC(C)Oc1cccc(C(=O)N(C)CC(CCOS(C)(=O)=O)c2ccc(Cl)c(Cl)c2)c1. The summed E-state index contributed by atoms with van der Waals surface area (Å²) in [6.07, 6.45) is 1.37. The Morgan fingerprint density at radius 1 is 1.10 bits per heavy atom. The van der Waals surface area contributed by atoms with Crippen LogP contribution < -0.4 is 4.74 Å².